The molecule has 4 amide bonds. The summed E-state index contributed by atoms with van der Waals surface area (Å²) in [6.07, 6.45) is 0.114. The average molecular weight is 921 g/mol. The molecule has 2 fully saturated rings. The lowest BCUT2D eigenvalue weighted by Gasteiger charge is -2.36. The average Bonchev–Trinajstić information content (AvgIpc) is 4.11. The highest BCUT2D eigenvalue weighted by Crippen LogP contribution is 2.39. The van der Waals surface area contributed by atoms with Gasteiger partial charge in [-0.25, -0.2) is 29.1 Å². The van der Waals surface area contributed by atoms with E-state index in [9.17, 15) is 38.4 Å². The fourth-order valence-electron chi connectivity index (χ4n) is 8.30. The summed E-state index contributed by atoms with van der Waals surface area (Å²) in [5.41, 5.74) is 3.28. The maximum Gasteiger partial charge on any atom is 0.407 e. The highest BCUT2D eigenvalue weighted by Gasteiger charge is 2.50. The number of likely N-dealkylation sites (tertiary alicyclic amines) is 2. The van der Waals surface area contributed by atoms with Crippen LogP contribution in [0, 0.1) is 11.8 Å². The van der Waals surface area contributed by atoms with Crippen molar-refractivity contribution >= 4 is 90.6 Å². The molecule has 18 nitrogen and oxygen atoms in total. The first kappa shape index (κ1) is 47.5. The second kappa shape index (κ2) is 19.4. The number of nitrogens with zero attached hydrogens (tertiary/aromatic N) is 4. The number of carbonyl (C=O) groups excluding carboxylic acids is 8. The third kappa shape index (κ3) is 9.15. The van der Waals surface area contributed by atoms with Gasteiger partial charge in [-0.1, -0.05) is 39.8 Å². The minimum absolute atomic E-state index is 0.267. The van der Waals surface area contributed by atoms with E-state index >= 15 is 0 Å². The molecule has 4 unspecified atom stereocenters. The Kier molecular flexibility index (Phi) is 14.4. The van der Waals surface area contributed by atoms with E-state index in [1.807, 2.05) is 0 Å². The topological polar surface area (TPSA) is 230 Å². The largest absolute Gasteiger partial charge is 0.456 e. The lowest BCUT2D eigenvalue weighted by Crippen LogP contribution is -2.58. The molecule has 4 atom stereocenters. The van der Waals surface area contributed by atoms with Crippen molar-refractivity contribution in [1.29, 1.82) is 0 Å². The summed E-state index contributed by atoms with van der Waals surface area (Å²) in [6, 6.07) is 4.79. The first-order valence-electron chi connectivity index (χ1n) is 20.8. The normalized spacial score (nSPS) is 19.4. The van der Waals surface area contributed by atoms with E-state index in [1.54, 1.807) is 76.8 Å². The molecule has 0 bridgehead atoms. The Hall–Kier alpha value is -6.02. The second-order valence-electron chi connectivity index (χ2n) is 16.8. The predicted molar refractivity (Wildman–Crippen MR) is 236 cm³/mol. The number of alkyl carbamates (subject to hydrolysis) is 2. The number of hydrogen-bond acceptors (Lipinski definition) is 16. The van der Waals surface area contributed by atoms with Gasteiger partial charge in [0, 0.05) is 35.3 Å². The van der Waals surface area contributed by atoms with E-state index < -0.39 is 83.9 Å². The number of ketones is 2. The molecule has 6 rings (SSSR count). The third-order valence-electron chi connectivity index (χ3n) is 12.0. The lowest BCUT2D eigenvalue weighted by atomic mass is 9.96. The van der Waals surface area contributed by atoms with Gasteiger partial charge in [-0.2, -0.15) is 0 Å². The van der Waals surface area contributed by atoms with Crippen LogP contribution in [0.4, 0.5) is 9.59 Å². The zero-order valence-electron chi connectivity index (χ0n) is 36.9. The molecule has 0 aliphatic carbocycles. The van der Waals surface area contributed by atoms with Crippen LogP contribution < -0.4 is 10.6 Å². The van der Waals surface area contributed by atoms with Crippen LogP contribution in [0.3, 0.4) is 0 Å². The van der Waals surface area contributed by atoms with Gasteiger partial charge < -0.3 is 39.4 Å². The number of benzene rings is 2. The summed E-state index contributed by atoms with van der Waals surface area (Å²) in [4.78, 5) is 118. The fourth-order valence-corrected chi connectivity index (χ4v) is 9.99. The Balaban J connectivity index is 1.15. The highest BCUT2D eigenvalue weighted by atomic mass is 32.1. The molecule has 4 aromatic rings. The van der Waals surface area contributed by atoms with Crippen molar-refractivity contribution in [3.8, 4) is 11.1 Å². The fraction of sp³-hybridized carbons (Fsp3) is 0.500. The van der Waals surface area contributed by atoms with Crippen LogP contribution in [-0.4, -0.2) is 131 Å². The van der Waals surface area contributed by atoms with Crippen molar-refractivity contribution in [1.82, 2.24) is 30.4 Å². The van der Waals surface area contributed by atoms with Gasteiger partial charge >= 0.3 is 24.1 Å². The molecule has 2 aromatic carbocycles. The molecule has 0 saturated carbocycles. The highest BCUT2D eigenvalue weighted by molar-refractivity contribution is 7.17. The van der Waals surface area contributed by atoms with Gasteiger partial charge in [-0.15, -0.1) is 22.7 Å². The number of Topliss-reactive ketones (excluding diaryl/α,β-unsaturated/α-hetero) is 2. The number of hydrogen-bond donors (Lipinski definition) is 2. The standard InChI is InChI=1S/C44H52N6O12S2/c1-23(2)31(47-41(57)59-7)37(53)49-17-9-15-43(49,5)39(55)61-19-29(51)27-13-11-25(33-35(27)63-21-45-33)26-12-14-28(36-34(26)46-22-64-36)30(52)20-62-40(56)44(6)16-10-18-50(44)38(54)32(24(3)4)48-42(58)60-8/h11-14,21-24,31-32H,9-10,15-20H2,1-8H3,(H,47,57)(H,48,58). The van der Waals surface area contributed by atoms with E-state index in [0.29, 0.717) is 57.2 Å². The third-order valence-corrected chi connectivity index (χ3v) is 13.7. The van der Waals surface area contributed by atoms with Gasteiger partial charge in [0.05, 0.1) is 45.7 Å². The number of rotatable bonds is 15. The minimum atomic E-state index is -1.36. The van der Waals surface area contributed by atoms with Crippen LogP contribution in [-0.2, 0) is 38.1 Å². The van der Waals surface area contributed by atoms with Gasteiger partial charge in [-0.3, -0.25) is 19.2 Å². The van der Waals surface area contributed by atoms with Gasteiger partial charge in [0.1, 0.15) is 23.2 Å². The van der Waals surface area contributed by atoms with E-state index in [4.69, 9.17) is 18.9 Å². The van der Waals surface area contributed by atoms with Crippen LogP contribution in [0.1, 0.15) is 87.9 Å². The monoisotopic (exact) mass is 920 g/mol. The summed E-state index contributed by atoms with van der Waals surface area (Å²) in [5.74, 6) is -3.95. The maximum absolute atomic E-state index is 13.7. The number of esters is 2. The molecular formula is C44H52N6O12S2. The molecule has 0 spiro atoms. The predicted octanol–water partition coefficient (Wildman–Crippen LogP) is 5.55. The molecule has 2 saturated heterocycles. The molecule has 0 radical (unpaired) electrons. The van der Waals surface area contributed by atoms with Gasteiger partial charge in [0.15, 0.2) is 13.2 Å². The summed E-state index contributed by atoms with van der Waals surface area (Å²) >= 11 is 2.46. The van der Waals surface area contributed by atoms with Crippen molar-refractivity contribution in [3.63, 3.8) is 0 Å². The van der Waals surface area contributed by atoms with E-state index in [1.165, 1.54) is 46.7 Å². The zero-order valence-corrected chi connectivity index (χ0v) is 38.6. The van der Waals surface area contributed by atoms with Crippen LogP contribution >= 0.6 is 22.7 Å². The number of methoxy groups -OCH3 is 2. The van der Waals surface area contributed by atoms with Gasteiger partial charge in [-0.05, 0) is 63.5 Å². The number of thiazole rings is 2. The zero-order chi connectivity index (χ0) is 46.7. The van der Waals surface area contributed by atoms with Gasteiger partial charge in [0.2, 0.25) is 23.4 Å². The van der Waals surface area contributed by atoms with Crippen molar-refractivity contribution in [3.05, 3.63) is 46.4 Å². The van der Waals surface area contributed by atoms with Crippen LogP contribution in [0.25, 0.3) is 31.6 Å². The lowest BCUT2D eigenvalue weighted by molar-refractivity contribution is -0.160. The molecule has 20 heteroatoms. The van der Waals surface area contributed by atoms with Gasteiger partial charge in [0.25, 0.3) is 0 Å². The van der Waals surface area contributed by atoms with Crippen molar-refractivity contribution in [2.45, 2.75) is 90.4 Å². The molecule has 64 heavy (non-hydrogen) atoms. The van der Waals surface area contributed by atoms with Crippen molar-refractivity contribution in [2.24, 2.45) is 11.8 Å². The van der Waals surface area contributed by atoms with E-state index in [2.05, 4.69) is 20.6 Å². The Morgan fingerprint density at radius 1 is 0.641 bits per heavy atom. The number of nitrogens with one attached hydrogen (secondary N) is 2. The SMILES string of the molecule is COC(=O)NC(C(=O)N1CCCC1(C)C(=O)OCC(=O)c1ccc(-c2ccc(C(=O)COC(=O)C3(C)CCCN3C(=O)C(NC(=O)OC)C(C)C)c3scnc23)c2ncsc12)C(C)C. The smallest absolute Gasteiger partial charge is 0.407 e. The van der Waals surface area contributed by atoms with Crippen LogP contribution in [0.15, 0.2) is 35.3 Å². The van der Waals surface area contributed by atoms with Crippen molar-refractivity contribution in [2.75, 3.05) is 40.5 Å². The Labute approximate surface area is 377 Å². The van der Waals surface area contributed by atoms with E-state index in [0.717, 1.165) is 0 Å². The Morgan fingerprint density at radius 3 is 1.36 bits per heavy atom. The summed E-state index contributed by atoms with van der Waals surface area (Å²) in [5, 5.41) is 5.10. The molecule has 2 aliphatic heterocycles. The summed E-state index contributed by atoms with van der Waals surface area (Å²) in [6.45, 7) is 9.60. The minimum Gasteiger partial charge on any atom is -0.456 e. The number of amides is 4. The number of ether oxygens (including phenoxy) is 4. The molecular weight excluding hydrogens is 869 g/mol. The number of aromatic nitrogens is 2. The first-order chi connectivity index (χ1) is 30.4. The molecule has 2 aromatic heterocycles. The second-order valence-corrected chi connectivity index (χ2v) is 18.5. The summed E-state index contributed by atoms with van der Waals surface area (Å²) in [7, 11) is 2.39. The number of carbonyl (C=O) groups is 8. The molecule has 342 valence electrons. The van der Waals surface area contributed by atoms with Crippen LogP contribution in [0.5, 0.6) is 0 Å². The Morgan fingerprint density at radius 2 is 1.02 bits per heavy atom. The first-order valence-corrected chi connectivity index (χ1v) is 22.6. The van der Waals surface area contributed by atoms with Crippen LogP contribution in [0.2, 0.25) is 0 Å². The molecule has 2 N–H and O–H groups in total. The maximum atomic E-state index is 13.7. The molecule has 2 aliphatic rings. The van der Waals surface area contributed by atoms with E-state index in [-0.39, 0.29) is 36.1 Å². The van der Waals surface area contributed by atoms with Crippen molar-refractivity contribution < 1.29 is 57.3 Å². The molecule has 4 heterocycles. The Bertz CT molecular complexity index is 2330. The number of fused-ring (bicyclic) bond motifs is 2. The summed E-state index contributed by atoms with van der Waals surface area (Å²) < 4.78 is 21.7. The quantitative estimate of drug-likeness (QED) is 0.0847.